The Balaban J connectivity index is 2.15. The number of piperidine rings is 1. The minimum Gasteiger partial charge on any atom is -0.466 e. The van der Waals surface area contributed by atoms with E-state index in [1.165, 1.54) is 0 Å². The number of aromatic amines is 1. The van der Waals surface area contributed by atoms with E-state index in [1.54, 1.807) is 0 Å². The van der Waals surface area contributed by atoms with E-state index in [-0.39, 0.29) is 11.9 Å². The minimum absolute atomic E-state index is 0.0901. The summed E-state index contributed by atoms with van der Waals surface area (Å²) in [6.07, 6.45) is 1.80. The third kappa shape index (κ3) is 3.28. The smallest absolute Gasteiger partial charge is 0.310 e. The molecule has 0 radical (unpaired) electrons. The van der Waals surface area contributed by atoms with Crippen molar-refractivity contribution in [1.82, 2.24) is 15.2 Å². The predicted octanol–water partition coefficient (Wildman–Crippen LogP) is 1.62. The minimum atomic E-state index is -0.126. The summed E-state index contributed by atoms with van der Waals surface area (Å²) in [4.78, 5) is 18.2. The Morgan fingerprint density at radius 1 is 1.63 bits per heavy atom. The number of ether oxygens (including phenoxy) is 1. The molecule has 1 fully saturated rings. The van der Waals surface area contributed by atoms with Gasteiger partial charge in [0.1, 0.15) is 5.69 Å². The van der Waals surface area contributed by atoms with Gasteiger partial charge in [0.15, 0.2) is 5.82 Å². The van der Waals surface area contributed by atoms with Crippen LogP contribution in [0.1, 0.15) is 25.5 Å². The third-order valence-corrected chi connectivity index (χ3v) is 3.37. The van der Waals surface area contributed by atoms with Crippen molar-refractivity contribution in [2.45, 2.75) is 26.7 Å². The highest BCUT2D eigenvalue weighted by molar-refractivity contribution is 7.71. The molecule has 19 heavy (non-hydrogen) atoms. The Morgan fingerprint density at radius 3 is 3.16 bits per heavy atom. The van der Waals surface area contributed by atoms with Gasteiger partial charge in [-0.15, -0.1) is 0 Å². The van der Waals surface area contributed by atoms with Gasteiger partial charge in [-0.1, -0.05) is 0 Å². The highest BCUT2D eigenvalue weighted by Gasteiger charge is 2.28. The first-order valence-electron chi connectivity index (χ1n) is 6.46. The summed E-state index contributed by atoms with van der Waals surface area (Å²) in [7, 11) is 0. The Hall–Kier alpha value is -1.50. The Bertz CT molecular complexity index is 517. The molecule has 1 saturated heterocycles. The van der Waals surface area contributed by atoms with Crippen molar-refractivity contribution in [3.8, 4) is 0 Å². The largest absolute Gasteiger partial charge is 0.466 e. The lowest BCUT2D eigenvalue weighted by molar-refractivity contribution is -0.148. The second-order valence-electron chi connectivity index (χ2n) is 4.59. The van der Waals surface area contributed by atoms with E-state index >= 15 is 0 Å². The number of hydrogen-bond acceptors (Lipinski definition) is 6. The van der Waals surface area contributed by atoms with Crippen molar-refractivity contribution in [2.24, 2.45) is 5.92 Å². The maximum absolute atomic E-state index is 11.8. The SMILES string of the molecule is CCOC(=O)C1CCCN(c2nc(=S)[nH]nc2C)C1. The van der Waals surface area contributed by atoms with Crippen molar-refractivity contribution < 1.29 is 9.53 Å². The Kier molecular flexibility index (Phi) is 4.47. The average molecular weight is 282 g/mol. The number of H-pyrrole nitrogens is 1. The topological polar surface area (TPSA) is 71.1 Å². The number of aryl methyl sites for hydroxylation is 1. The van der Waals surface area contributed by atoms with Crippen LogP contribution in [0.2, 0.25) is 0 Å². The fourth-order valence-corrected chi connectivity index (χ4v) is 2.44. The van der Waals surface area contributed by atoms with Crippen LogP contribution in [0, 0.1) is 17.6 Å². The lowest BCUT2D eigenvalue weighted by Gasteiger charge is -2.32. The van der Waals surface area contributed by atoms with E-state index in [4.69, 9.17) is 17.0 Å². The first kappa shape index (κ1) is 13.9. The van der Waals surface area contributed by atoms with E-state index in [0.717, 1.165) is 30.9 Å². The number of nitrogens with one attached hydrogen (secondary N) is 1. The van der Waals surface area contributed by atoms with E-state index < -0.39 is 0 Å². The van der Waals surface area contributed by atoms with E-state index in [9.17, 15) is 4.79 Å². The summed E-state index contributed by atoms with van der Waals surface area (Å²) >= 11 is 5.00. The standard InChI is InChI=1S/C12H18N4O2S/c1-3-18-11(17)9-5-4-6-16(7-9)10-8(2)14-15-12(19)13-10/h9H,3-7H2,1-2H3,(H,13,15,19). The summed E-state index contributed by atoms with van der Waals surface area (Å²) in [6.45, 7) is 5.61. The quantitative estimate of drug-likeness (QED) is 0.671. The fourth-order valence-electron chi connectivity index (χ4n) is 2.31. The summed E-state index contributed by atoms with van der Waals surface area (Å²) < 4.78 is 5.45. The zero-order chi connectivity index (χ0) is 13.8. The van der Waals surface area contributed by atoms with Crippen LogP contribution in [-0.4, -0.2) is 40.8 Å². The molecule has 1 atom stereocenters. The van der Waals surface area contributed by atoms with Gasteiger partial charge in [-0.05, 0) is 38.9 Å². The molecular formula is C12H18N4O2S. The molecule has 0 saturated carbocycles. The van der Waals surface area contributed by atoms with Gasteiger partial charge >= 0.3 is 5.97 Å². The second kappa shape index (κ2) is 6.10. The molecule has 1 aliphatic heterocycles. The van der Waals surface area contributed by atoms with Gasteiger partial charge in [0.05, 0.1) is 12.5 Å². The molecule has 2 rings (SSSR count). The zero-order valence-corrected chi connectivity index (χ0v) is 12.0. The number of nitrogens with zero attached hydrogens (tertiary/aromatic N) is 3. The van der Waals surface area contributed by atoms with E-state index in [2.05, 4.69) is 20.1 Å². The van der Waals surface area contributed by atoms with Crippen LogP contribution in [0.15, 0.2) is 0 Å². The molecule has 7 heteroatoms. The summed E-state index contributed by atoms with van der Waals surface area (Å²) in [5.41, 5.74) is 0.790. The molecule has 0 aromatic carbocycles. The predicted molar refractivity (Wildman–Crippen MR) is 73.5 cm³/mol. The molecule has 1 aliphatic rings. The van der Waals surface area contributed by atoms with Gasteiger partial charge in [0.2, 0.25) is 4.77 Å². The summed E-state index contributed by atoms with van der Waals surface area (Å²) in [6, 6.07) is 0. The number of carbonyl (C=O) groups is 1. The van der Waals surface area contributed by atoms with Crippen LogP contribution in [-0.2, 0) is 9.53 Å². The number of esters is 1. The Morgan fingerprint density at radius 2 is 2.42 bits per heavy atom. The molecule has 1 unspecified atom stereocenters. The van der Waals surface area contributed by atoms with Gasteiger partial charge in [-0.2, -0.15) is 10.1 Å². The van der Waals surface area contributed by atoms with Crippen LogP contribution in [0.5, 0.6) is 0 Å². The van der Waals surface area contributed by atoms with Crippen LogP contribution < -0.4 is 4.90 Å². The first-order chi connectivity index (χ1) is 9.11. The molecule has 2 heterocycles. The number of hydrogen-bond donors (Lipinski definition) is 1. The van der Waals surface area contributed by atoms with Crippen molar-refractivity contribution in [3.05, 3.63) is 10.5 Å². The van der Waals surface area contributed by atoms with Crippen LogP contribution >= 0.6 is 12.2 Å². The van der Waals surface area contributed by atoms with Crippen LogP contribution in [0.3, 0.4) is 0 Å². The zero-order valence-electron chi connectivity index (χ0n) is 11.2. The number of carbonyl (C=O) groups excluding carboxylic acids is 1. The number of rotatable bonds is 3. The molecule has 1 aromatic heterocycles. The molecule has 0 spiro atoms. The number of anilines is 1. The molecule has 0 amide bonds. The fraction of sp³-hybridized carbons (Fsp3) is 0.667. The second-order valence-corrected chi connectivity index (χ2v) is 4.97. The lowest BCUT2D eigenvalue weighted by Crippen LogP contribution is -2.40. The summed E-state index contributed by atoms with van der Waals surface area (Å²) in [5, 5.41) is 6.78. The normalized spacial score (nSPS) is 19.3. The third-order valence-electron chi connectivity index (χ3n) is 3.19. The lowest BCUT2D eigenvalue weighted by atomic mass is 9.98. The van der Waals surface area contributed by atoms with Gasteiger partial charge in [0, 0.05) is 13.1 Å². The highest BCUT2D eigenvalue weighted by atomic mass is 32.1. The molecule has 1 N–H and O–H groups in total. The van der Waals surface area contributed by atoms with Crippen molar-refractivity contribution in [1.29, 1.82) is 0 Å². The Labute approximate surface area is 117 Å². The molecule has 104 valence electrons. The summed E-state index contributed by atoms with van der Waals surface area (Å²) in [5.74, 6) is 0.546. The van der Waals surface area contributed by atoms with Gasteiger partial charge < -0.3 is 9.64 Å². The van der Waals surface area contributed by atoms with E-state index in [0.29, 0.717) is 17.9 Å². The van der Waals surface area contributed by atoms with E-state index in [1.807, 2.05) is 13.8 Å². The van der Waals surface area contributed by atoms with Crippen LogP contribution in [0.25, 0.3) is 0 Å². The highest BCUT2D eigenvalue weighted by Crippen LogP contribution is 2.23. The van der Waals surface area contributed by atoms with Gasteiger partial charge in [-0.25, -0.2) is 0 Å². The van der Waals surface area contributed by atoms with Crippen LogP contribution in [0.4, 0.5) is 5.82 Å². The molecule has 1 aromatic rings. The van der Waals surface area contributed by atoms with Crippen molar-refractivity contribution in [3.63, 3.8) is 0 Å². The van der Waals surface area contributed by atoms with Gasteiger partial charge in [-0.3, -0.25) is 9.89 Å². The molecule has 6 nitrogen and oxygen atoms in total. The van der Waals surface area contributed by atoms with Gasteiger partial charge in [0.25, 0.3) is 0 Å². The molecular weight excluding hydrogens is 264 g/mol. The first-order valence-corrected chi connectivity index (χ1v) is 6.87. The van der Waals surface area contributed by atoms with Crippen molar-refractivity contribution >= 4 is 24.0 Å². The monoisotopic (exact) mass is 282 g/mol. The molecule has 0 bridgehead atoms. The molecule has 0 aliphatic carbocycles. The number of aromatic nitrogens is 3. The maximum Gasteiger partial charge on any atom is 0.310 e. The maximum atomic E-state index is 11.8. The van der Waals surface area contributed by atoms with Crippen molar-refractivity contribution in [2.75, 3.05) is 24.6 Å². The average Bonchev–Trinajstić information content (AvgIpc) is 2.42.